The maximum atomic E-state index is 11.7. The highest BCUT2D eigenvalue weighted by Gasteiger charge is 2.08. The first kappa shape index (κ1) is 15.3. The molecule has 4 nitrogen and oxygen atoms in total. The highest BCUT2D eigenvalue weighted by molar-refractivity contribution is 8.01. The molecule has 2 N–H and O–H groups in total. The number of hydrogen-bond donors (Lipinski definition) is 2. The molecule has 0 aliphatic heterocycles. The van der Waals surface area contributed by atoms with Crippen molar-refractivity contribution in [2.75, 3.05) is 18.9 Å². The molecule has 1 atom stereocenters. The molecule has 0 bridgehead atoms. The van der Waals surface area contributed by atoms with Crippen LogP contribution in [-0.4, -0.2) is 34.9 Å². The molecule has 0 fully saturated rings. The van der Waals surface area contributed by atoms with Crippen LogP contribution in [0.1, 0.15) is 13.3 Å². The van der Waals surface area contributed by atoms with Crippen LogP contribution in [0.15, 0.2) is 28.6 Å². The second kappa shape index (κ2) is 7.61. The van der Waals surface area contributed by atoms with E-state index < -0.39 is 0 Å². The Morgan fingerprint density at radius 3 is 3.05 bits per heavy atom. The minimum absolute atomic E-state index is 0.0130. The normalized spacial score (nSPS) is 12.5. The van der Waals surface area contributed by atoms with E-state index in [0.29, 0.717) is 24.6 Å². The molecule has 0 aliphatic rings. The highest BCUT2D eigenvalue weighted by Crippen LogP contribution is 2.28. The molecular formula is C14H18N2O2S2. The maximum Gasteiger partial charge on any atom is 0.230 e. The van der Waals surface area contributed by atoms with Gasteiger partial charge in [-0.05, 0) is 24.5 Å². The van der Waals surface area contributed by atoms with Crippen molar-refractivity contribution in [3.8, 4) is 0 Å². The first-order valence-corrected chi connectivity index (χ1v) is 8.35. The van der Waals surface area contributed by atoms with E-state index in [2.05, 4.69) is 10.3 Å². The molecule has 1 amide bonds. The van der Waals surface area contributed by atoms with Crippen molar-refractivity contribution >= 4 is 39.2 Å². The van der Waals surface area contributed by atoms with Crippen LogP contribution < -0.4 is 5.32 Å². The number of thiazole rings is 1. The van der Waals surface area contributed by atoms with Gasteiger partial charge in [-0.15, -0.1) is 11.3 Å². The van der Waals surface area contributed by atoms with Gasteiger partial charge in [0.2, 0.25) is 5.91 Å². The van der Waals surface area contributed by atoms with Crippen LogP contribution in [0, 0.1) is 5.92 Å². The first-order chi connectivity index (χ1) is 9.69. The SMILES string of the molecule is CC(CCO)CNC(=O)CSc1nc2ccccc2s1. The third-order valence-corrected chi connectivity index (χ3v) is 5.05. The van der Waals surface area contributed by atoms with Crippen molar-refractivity contribution in [2.45, 2.75) is 17.7 Å². The van der Waals surface area contributed by atoms with Crippen LogP contribution in [0.4, 0.5) is 0 Å². The van der Waals surface area contributed by atoms with Gasteiger partial charge in [-0.3, -0.25) is 4.79 Å². The Morgan fingerprint density at radius 1 is 1.50 bits per heavy atom. The molecule has 1 unspecified atom stereocenters. The summed E-state index contributed by atoms with van der Waals surface area (Å²) >= 11 is 3.08. The number of amides is 1. The van der Waals surface area contributed by atoms with Crippen molar-refractivity contribution in [3.63, 3.8) is 0 Å². The molecule has 20 heavy (non-hydrogen) atoms. The lowest BCUT2D eigenvalue weighted by Gasteiger charge is -2.10. The summed E-state index contributed by atoms with van der Waals surface area (Å²) in [4.78, 5) is 16.2. The first-order valence-electron chi connectivity index (χ1n) is 6.55. The molecule has 108 valence electrons. The summed E-state index contributed by atoms with van der Waals surface area (Å²) in [6.45, 7) is 2.79. The van der Waals surface area contributed by atoms with E-state index in [9.17, 15) is 4.79 Å². The number of carbonyl (C=O) groups excluding carboxylic acids is 1. The van der Waals surface area contributed by atoms with E-state index in [4.69, 9.17) is 5.11 Å². The quantitative estimate of drug-likeness (QED) is 0.772. The zero-order valence-electron chi connectivity index (χ0n) is 11.3. The largest absolute Gasteiger partial charge is 0.396 e. The smallest absolute Gasteiger partial charge is 0.230 e. The lowest BCUT2D eigenvalue weighted by atomic mass is 10.1. The number of carbonyl (C=O) groups is 1. The fourth-order valence-corrected chi connectivity index (χ4v) is 3.60. The summed E-state index contributed by atoms with van der Waals surface area (Å²) in [5, 5.41) is 11.7. The summed E-state index contributed by atoms with van der Waals surface area (Å²) < 4.78 is 2.07. The van der Waals surface area contributed by atoms with Gasteiger partial charge < -0.3 is 10.4 Å². The minimum atomic E-state index is 0.0130. The number of rotatable bonds is 7. The fraction of sp³-hybridized carbons (Fsp3) is 0.429. The molecule has 2 rings (SSSR count). The summed E-state index contributed by atoms with van der Waals surface area (Å²) in [5.74, 6) is 0.696. The van der Waals surface area contributed by atoms with Gasteiger partial charge in [-0.2, -0.15) is 0 Å². The van der Waals surface area contributed by atoms with Crippen LogP contribution in [0.25, 0.3) is 10.2 Å². The zero-order valence-corrected chi connectivity index (χ0v) is 13.0. The molecule has 1 aromatic heterocycles. The molecule has 0 saturated heterocycles. The molecule has 6 heteroatoms. The van der Waals surface area contributed by atoms with E-state index in [1.807, 2.05) is 31.2 Å². The number of aliphatic hydroxyl groups is 1. The summed E-state index contributed by atoms with van der Waals surface area (Å²) in [6.07, 6.45) is 0.714. The lowest BCUT2D eigenvalue weighted by molar-refractivity contribution is -0.118. The molecule has 1 aromatic carbocycles. The van der Waals surface area contributed by atoms with Crippen molar-refractivity contribution in [3.05, 3.63) is 24.3 Å². The van der Waals surface area contributed by atoms with Crippen LogP contribution in [0.3, 0.4) is 0 Å². The Bertz CT molecular complexity index is 538. The monoisotopic (exact) mass is 310 g/mol. The average Bonchev–Trinajstić information content (AvgIpc) is 2.86. The number of nitrogens with one attached hydrogen (secondary N) is 1. The van der Waals surface area contributed by atoms with Gasteiger partial charge in [0, 0.05) is 13.2 Å². The predicted octanol–water partition coefficient (Wildman–Crippen LogP) is 2.52. The van der Waals surface area contributed by atoms with Crippen LogP contribution >= 0.6 is 23.1 Å². The predicted molar refractivity (Wildman–Crippen MR) is 84.2 cm³/mol. The van der Waals surface area contributed by atoms with Crippen molar-refractivity contribution in [2.24, 2.45) is 5.92 Å². The van der Waals surface area contributed by atoms with Crippen LogP contribution in [0.5, 0.6) is 0 Å². The van der Waals surface area contributed by atoms with Gasteiger partial charge in [-0.1, -0.05) is 30.8 Å². The standard InChI is InChI=1S/C14H18N2O2S2/c1-10(6-7-17)8-15-13(18)9-19-14-16-11-4-2-3-5-12(11)20-14/h2-5,10,17H,6-9H2,1H3,(H,15,18). The van der Waals surface area contributed by atoms with Gasteiger partial charge >= 0.3 is 0 Å². The second-order valence-corrected chi connectivity index (χ2v) is 6.91. The number of para-hydroxylation sites is 1. The lowest BCUT2D eigenvalue weighted by Crippen LogP contribution is -2.29. The Hall–Kier alpha value is -1.11. The fourth-order valence-electron chi connectivity index (χ4n) is 1.70. The second-order valence-electron chi connectivity index (χ2n) is 4.66. The van der Waals surface area contributed by atoms with Gasteiger partial charge in [0.25, 0.3) is 0 Å². The van der Waals surface area contributed by atoms with E-state index in [1.54, 1.807) is 11.3 Å². The Balaban J connectivity index is 1.78. The molecule has 0 radical (unpaired) electrons. The Kier molecular flexibility index (Phi) is 5.82. The van der Waals surface area contributed by atoms with Gasteiger partial charge in [0.15, 0.2) is 4.34 Å². The minimum Gasteiger partial charge on any atom is -0.396 e. The van der Waals surface area contributed by atoms with Crippen molar-refractivity contribution < 1.29 is 9.90 Å². The summed E-state index contributed by atoms with van der Waals surface area (Å²) in [6, 6.07) is 7.97. The molecule has 0 saturated carbocycles. The number of thioether (sulfide) groups is 1. The number of benzene rings is 1. The third-order valence-electron chi connectivity index (χ3n) is 2.87. The van der Waals surface area contributed by atoms with E-state index in [0.717, 1.165) is 14.6 Å². The average molecular weight is 310 g/mol. The van der Waals surface area contributed by atoms with Gasteiger partial charge in [0.1, 0.15) is 0 Å². The molecule has 0 spiro atoms. The summed E-state index contributed by atoms with van der Waals surface area (Å²) in [7, 11) is 0. The van der Waals surface area contributed by atoms with Crippen LogP contribution in [-0.2, 0) is 4.79 Å². The maximum absolute atomic E-state index is 11.7. The Labute approximate surface area is 126 Å². The number of fused-ring (bicyclic) bond motifs is 1. The number of aliphatic hydroxyl groups excluding tert-OH is 1. The zero-order chi connectivity index (χ0) is 14.4. The van der Waals surface area contributed by atoms with Gasteiger partial charge in [0.05, 0.1) is 16.0 Å². The van der Waals surface area contributed by atoms with Crippen molar-refractivity contribution in [1.29, 1.82) is 0 Å². The number of nitrogens with zero attached hydrogens (tertiary/aromatic N) is 1. The number of aromatic nitrogens is 1. The van der Waals surface area contributed by atoms with Crippen molar-refractivity contribution in [1.82, 2.24) is 10.3 Å². The molecular weight excluding hydrogens is 292 g/mol. The third kappa shape index (κ3) is 4.47. The van der Waals surface area contributed by atoms with E-state index in [-0.39, 0.29) is 12.5 Å². The van der Waals surface area contributed by atoms with Gasteiger partial charge in [-0.25, -0.2) is 4.98 Å². The van der Waals surface area contributed by atoms with E-state index >= 15 is 0 Å². The Morgan fingerprint density at radius 2 is 2.30 bits per heavy atom. The van der Waals surface area contributed by atoms with E-state index in [1.165, 1.54) is 11.8 Å². The molecule has 1 heterocycles. The highest BCUT2D eigenvalue weighted by atomic mass is 32.2. The topological polar surface area (TPSA) is 62.2 Å². The molecule has 2 aromatic rings. The summed E-state index contributed by atoms with van der Waals surface area (Å²) in [5.41, 5.74) is 0.983. The van der Waals surface area contributed by atoms with Crippen LogP contribution in [0.2, 0.25) is 0 Å². The molecule has 0 aliphatic carbocycles. The number of hydrogen-bond acceptors (Lipinski definition) is 5.